The summed E-state index contributed by atoms with van der Waals surface area (Å²) in [6.45, 7) is 6.63. The van der Waals surface area contributed by atoms with Crippen molar-refractivity contribution in [2.45, 2.75) is 17.6 Å². The molecule has 0 amide bonds. The van der Waals surface area contributed by atoms with Gasteiger partial charge in [0.15, 0.2) is 0 Å². The predicted octanol–water partition coefficient (Wildman–Crippen LogP) is 2.69. The van der Waals surface area contributed by atoms with E-state index in [0.717, 1.165) is 15.8 Å². The lowest BCUT2D eigenvalue weighted by Gasteiger charge is -2.05. The first kappa shape index (κ1) is 15.8. The molecular formula is C11H16BrNO3S2. The first-order valence-electron chi connectivity index (χ1n) is 5.41. The van der Waals surface area contributed by atoms with Crippen molar-refractivity contribution < 1.29 is 13.2 Å². The number of sulfonamides is 1. The molecule has 0 aromatic carbocycles. The van der Waals surface area contributed by atoms with Gasteiger partial charge in [-0.1, -0.05) is 6.08 Å². The lowest BCUT2D eigenvalue weighted by molar-refractivity contribution is 0.144. The molecule has 0 radical (unpaired) electrons. The Labute approximate surface area is 120 Å². The fraction of sp³-hybridized carbons (Fsp3) is 0.455. The molecule has 0 atom stereocenters. The highest BCUT2D eigenvalue weighted by molar-refractivity contribution is 9.11. The van der Waals surface area contributed by atoms with E-state index in [2.05, 4.69) is 27.2 Å². The van der Waals surface area contributed by atoms with Gasteiger partial charge in [-0.25, -0.2) is 13.1 Å². The molecule has 0 saturated heterocycles. The van der Waals surface area contributed by atoms with Crippen molar-refractivity contribution in [1.82, 2.24) is 4.72 Å². The van der Waals surface area contributed by atoms with Crippen molar-refractivity contribution in [3.63, 3.8) is 0 Å². The second-order valence-corrected chi connectivity index (χ2v) is 7.97. The van der Waals surface area contributed by atoms with E-state index in [9.17, 15) is 8.42 Å². The Morgan fingerprint density at radius 1 is 1.56 bits per heavy atom. The number of nitrogens with one attached hydrogen (secondary N) is 1. The van der Waals surface area contributed by atoms with Crippen LogP contribution in [0.25, 0.3) is 0 Å². The van der Waals surface area contributed by atoms with Crippen LogP contribution in [0.2, 0.25) is 0 Å². The van der Waals surface area contributed by atoms with E-state index < -0.39 is 10.0 Å². The largest absolute Gasteiger partial charge is 0.380 e. The molecule has 1 rings (SSSR count). The third-order valence-corrected chi connectivity index (χ3v) is 6.18. The van der Waals surface area contributed by atoms with Crippen LogP contribution in [-0.4, -0.2) is 28.2 Å². The number of halogens is 1. The monoisotopic (exact) mass is 353 g/mol. The van der Waals surface area contributed by atoms with Crippen molar-refractivity contribution in [3.8, 4) is 0 Å². The Bertz CT molecular complexity index is 477. The summed E-state index contributed by atoms with van der Waals surface area (Å²) in [5.74, 6) is 0. The topological polar surface area (TPSA) is 55.4 Å². The van der Waals surface area contributed by atoms with Crippen molar-refractivity contribution in [2.24, 2.45) is 0 Å². The summed E-state index contributed by atoms with van der Waals surface area (Å²) in [6, 6.07) is 1.65. The molecule has 0 fully saturated rings. The van der Waals surface area contributed by atoms with Gasteiger partial charge in [-0.15, -0.1) is 17.9 Å². The van der Waals surface area contributed by atoms with Crippen LogP contribution in [0.3, 0.4) is 0 Å². The van der Waals surface area contributed by atoms with Crippen LogP contribution >= 0.6 is 27.3 Å². The molecule has 0 aliphatic rings. The number of ether oxygens (including phenoxy) is 1. The van der Waals surface area contributed by atoms with E-state index in [4.69, 9.17) is 4.74 Å². The molecular weight excluding hydrogens is 338 g/mol. The predicted molar refractivity (Wildman–Crippen MR) is 77.6 cm³/mol. The summed E-state index contributed by atoms with van der Waals surface area (Å²) in [5, 5.41) is 0. The molecule has 0 aliphatic heterocycles. The van der Waals surface area contributed by atoms with Crippen LogP contribution in [0.5, 0.6) is 0 Å². The van der Waals surface area contributed by atoms with Gasteiger partial charge in [-0.2, -0.15) is 0 Å². The van der Waals surface area contributed by atoms with Gasteiger partial charge in [0.1, 0.15) is 4.21 Å². The molecule has 7 heteroatoms. The third kappa shape index (κ3) is 4.81. The van der Waals surface area contributed by atoms with E-state index in [1.807, 2.05) is 6.92 Å². The van der Waals surface area contributed by atoms with E-state index >= 15 is 0 Å². The van der Waals surface area contributed by atoms with Crippen molar-refractivity contribution in [1.29, 1.82) is 0 Å². The van der Waals surface area contributed by atoms with E-state index in [1.165, 1.54) is 11.3 Å². The minimum absolute atomic E-state index is 0.272. The minimum Gasteiger partial charge on any atom is -0.380 e. The lowest BCUT2D eigenvalue weighted by Crippen LogP contribution is -2.26. The highest BCUT2D eigenvalue weighted by atomic mass is 79.9. The number of hydrogen-bond acceptors (Lipinski definition) is 4. The molecule has 0 aliphatic carbocycles. The summed E-state index contributed by atoms with van der Waals surface area (Å²) in [6.07, 6.45) is 2.53. The smallest absolute Gasteiger partial charge is 0.250 e. The van der Waals surface area contributed by atoms with E-state index in [-0.39, 0.29) is 6.54 Å². The van der Waals surface area contributed by atoms with Gasteiger partial charge in [0.05, 0.1) is 17.0 Å². The fourth-order valence-electron chi connectivity index (χ4n) is 1.15. The third-order valence-electron chi connectivity index (χ3n) is 2.10. The summed E-state index contributed by atoms with van der Waals surface area (Å²) in [4.78, 5) is 0. The first-order valence-corrected chi connectivity index (χ1v) is 8.51. The van der Waals surface area contributed by atoms with Crippen LogP contribution in [0.4, 0.5) is 0 Å². The van der Waals surface area contributed by atoms with Gasteiger partial charge in [0.25, 0.3) is 0 Å². The molecule has 1 heterocycles. The SMILES string of the molecule is C=CCCOCCNS(=O)(=O)c1cc(C)c(Br)s1. The second kappa shape index (κ2) is 7.40. The summed E-state index contributed by atoms with van der Waals surface area (Å²) < 4.78 is 32.7. The standard InChI is InChI=1S/C11H16BrNO3S2/c1-3-4-6-16-7-5-13-18(14,15)10-8-9(2)11(12)17-10/h3,8,13H,1,4-7H2,2H3. The molecule has 1 aromatic rings. The number of thiophene rings is 1. The Morgan fingerprint density at radius 3 is 2.83 bits per heavy atom. The van der Waals surface area contributed by atoms with Gasteiger partial charge >= 0.3 is 0 Å². The van der Waals surface area contributed by atoms with Crippen molar-refractivity contribution >= 4 is 37.3 Å². The molecule has 0 unspecified atom stereocenters. The fourth-order valence-corrected chi connectivity index (χ4v) is 4.44. The molecule has 1 N–H and O–H groups in total. The summed E-state index contributed by atoms with van der Waals surface area (Å²) >= 11 is 4.52. The van der Waals surface area contributed by atoms with Crippen LogP contribution in [0, 0.1) is 6.92 Å². The Morgan fingerprint density at radius 2 is 2.28 bits per heavy atom. The van der Waals surface area contributed by atoms with Gasteiger partial charge in [-0.05, 0) is 40.9 Å². The maximum absolute atomic E-state index is 11.9. The lowest BCUT2D eigenvalue weighted by atomic mass is 10.4. The average molecular weight is 354 g/mol. The zero-order valence-corrected chi connectivity index (χ0v) is 13.3. The number of hydrogen-bond donors (Lipinski definition) is 1. The number of rotatable bonds is 8. The van der Waals surface area contributed by atoms with Crippen molar-refractivity contribution in [3.05, 3.63) is 28.1 Å². The Kier molecular flexibility index (Phi) is 6.51. The maximum Gasteiger partial charge on any atom is 0.250 e. The Balaban J connectivity index is 2.43. The normalized spacial score (nSPS) is 11.7. The molecule has 0 spiro atoms. The minimum atomic E-state index is -3.42. The molecule has 0 saturated carbocycles. The molecule has 4 nitrogen and oxygen atoms in total. The summed E-state index contributed by atoms with van der Waals surface area (Å²) in [5.41, 5.74) is 0.919. The highest BCUT2D eigenvalue weighted by Crippen LogP contribution is 2.30. The quantitative estimate of drug-likeness (QED) is 0.577. The first-order chi connectivity index (χ1) is 8.47. The van der Waals surface area contributed by atoms with Crippen LogP contribution in [0.1, 0.15) is 12.0 Å². The van der Waals surface area contributed by atoms with E-state index in [1.54, 1.807) is 12.1 Å². The van der Waals surface area contributed by atoms with Gasteiger partial charge in [-0.3, -0.25) is 0 Å². The molecule has 102 valence electrons. The van der Waals surface area contributed by atoms with Crippen LogP contribution in [-0.2, 0) is 14.8 Å². The van der Waals surface area contributed by atoms with Crippen LogP contribution in [0.15, 0.2) is 26.7 Å². The number of aryl methyl sites for hydroxylation is 1. The van der Waals surface area contributed by atoms with Crippen molar-refractivity contribution in [2.75, 3.05) is 19.8 Å². The van der Waals surface area contributed by atoms with Crippen LogP contribution < -0.4 is 4.72 Å². The molecule has 0 bridgehead atoms. The highest BCUT2D eigenvalue weighted by Gasteiger charge is 2.17. The summed E-state index contributed by atoms with van der Waals surface area (Å²) in [7, 11) is -3.42. The molecule has 18 heavy (non-hydrogen) atoms. The zero-order chi connectivity index (χ0) is 13.6. The second-order valence-electron chi connectivity index (χ2n) is 3.61. The average Bonchev–Trinajstić information content (AvgIpc) is 2.65. The van der Waals surface area contributed by atoms with E-state index in [0.29, 0.717) is 17.4 Å². The van der Waals surface area contributed by atoms with Gasteiger partial charge < -0.3 is 4.74 Å². The van der Waals surface area contributed by atoms with Gasteiger partial charge in [0.2, 0.25) is 10.0 Å². The van der Waals surface area contributed by atoms with Gasteiger partial charge in [0, 0.05) is 6.54 Å². The maximum atomic E-state index is 11.9. The Hall–Kier alpha value is -0.210. The zero-order valence-electron chi connectivity index (χ0n) is 10.1. The molecule has 1 aromatic heterocycles.